The van der Waals surface area contributed by atoms with E-state index < -0.39 is 5.91 Å². The quantitative estimate of drug-likeness (QED) is 0.280. The number of methoxy groups -OCH3 is 1. The van der Waals surface area contributed by atoms with Gasteiger partial charge in [-0.1, -0.05) is 54.1 Å². The monoisotopic (exact) mass is 442 g/mol. The van der Waals surface area contributed by atoms with E-state index in [0.29, 0.717) is 36.8 Å². The summed E-state index contributed by atoms with van der Waals surface area (Å²) in [4.78, 5) is 12.4. The number of hydrogen-bond donors (Lipinski definition) is 1. The highest BCUT2D eigenvalue weighted by Crippen LogP contribution is 2.29. The van der Waals surface area contributed by atoms with Crippen molar-refractivity contribution in [3.63, 3.8) is 0 Å². The molecular weight excluding hydrogens is 416 g/mol. The minimum atomic E-state index is -0.436. The molecule has 6 nitrogen and oxygen atoms in total. The van der Waals surface area contributed by atoms with Gasteiger partial charge in [0.25, 0.3) is 5.91 Å². The molecule has 0 bridgehead atoms. The fourth-order valence-electron chi connectivity index (χ4n) is 3.03. The Labute approximate surface area is 194 Å². The zero-order valence-corrected chi connectivity index (χ0v) is 18.7. The fourth-order valence-corrected chi connectivity index (χ4v) is 3.03. The van der Waals surface area contributed by atoms with E-state index in [1.54, 1.807) is 18.2 Å². The van der Waals surface area contributed by atoms with Gasteiger partial charge >= 0.3 is 0 Å². The van der Waals surface area contributed by atoms with Gasteiger partial charge in [-0.15, -0.1) is 0 Å². The molecule has 0 aliphatic heterocycles. The van der Waals surface area contributed by atoms with E-state index in [0.717, 1.165) is 11.3 Å². The van der Waals surface area contributed by atoms with Gasteiger partial charge < -0.3 is 19.5 Å². The van der Waals surface area contributed by atoms with Crippen LogP contribution < -0.4 is 19.5 Å². The molecule has 1 N–H and O–H groups in total. The molecule has 6 heteroatoms. The van der Waals surface area contributed by atoms with Crippen molar-refractivity contribution in [2.45, 2.75) is 13.5 Å². The molecule has 0 saturated heterocycles. The highest BCUT2D eigenvalue weighted by Gasteiger charge is 2.11. The van der Waals surface area contributed by atoms with Crippen LogP contribution in [0.25, 0.3) is 6.08 Å². The van der Waals surface area contributed by atoms with Crippen LogP contribution >= 0.6 is 0 Å². The summed E-state index contributed by atoms with van der Waals surface area (Å²) >= 11 is 0. The first-order valence-corrected chi connectivity index (χ1v) is 10.5. The number of benzene rings is 3. The highest BCUT2D eigenvalue weighted by atomic mass is 16.5. The summed E-state index contributed by atoms with van der Waals surface area (Å²) in [5, 5.41) is 12.2. The van der Waals surface area contributed by atoms with Crippen LogP contribution in [-0.2, 0) is 11.3 Å². The van der Waals surface area contributed by atoms with Gasteiger partial charge in [0.1, 0.15) is 30.6 Å². The molecule has 0 atom stereocenters. The molecule has 0 heterocycles. The van der Waals surface area contributed by atoms with Crippen molar-refractivity contribution >= 4 is 12.0 Å². The van der Waals surface area contributed by atoms with E-state index in [4.69, 9.17) is 14.2 Å². The third kappa shape index (κ3) is 7.15. The van der Waals surface area contributed by atoms with Gasteiger partial charge in [0.2, 0.25) is 0 Å². The molecular formula is C27H26N2O4. The maximum Gasteiger partial charge on any atom is 0.262 e. The Hall–Kier alpha value is -4.24. The maximum absolute atomic E-state index is 12.4. The summed E-state index contributed by atoms with van der Waals surface area (Å²) in [5.74, 6) is 1.40. The van der Waals surface area contributed by atoms with E-state index in [1.807, 2.05) is 67.6 Å². The molecule has 3 aromatic rings. The first-order chi connectivity index (χ1) is 16.1. The topological polar surface area (TPSA) is 80.6 Å². The first kappa shape index (κ1) is 23.4. The van der Waals surface area contributed by atoms with Crippen LogP contribution in [0, 0.1) is 18.3 Å². The molecule has 3 rings (SSSR count). The van der Waals surface area contributed by atoms with E-state index >= 15 is 0 Å². The number of rotatable bonds is 10. The number of aryl methyl sites for hydroxylation is 1. The van der Waals surface area contributed by atoms with Gasteiger partial charge in [-0.05, 0) is 48.4 Å². The Morgan fingerprint density at radius 3 is 2.39 bits per heavy atom. The van der Waals surface area contributed by atoms with Crippen LogP contribution in [0.15, 0.2) is 78.4 Å². The van der Waals surface area contributed by atoms with Crippen molar-refractivity contribution in [3.8, 4) is 23.3 Å². The van der Waals surface area contributed by atoms with Crippen LogP contribution in [0.5, 0.6) is 17.2 Å². The Morgan fingerprint density at radius 2 is 1.70 bits per heavy atom. The van der Waals surface area contributed by atoms with E-state index in [1.165, 1.54) is 18.7 Å². The standard InChI is InChI=1S/C27H26N2O4/c1-20-8-11-24(12-9-20)32-14-15-33-25-13-10-22(17-26(25)31-2)16-23(18-28)27(30)29-19-21-6-4-3-5-7-21/h3-13,16-17H,14-15,19H2,1-2H3,(H,29,30). The van der Waals surface area contributed by atoms with Crippen molar-refractivity contribution in [1.82, 2.24) is 5.32 Å². The van der Waals surface area contributed by atoms with Gasteiger partial charge in [0.05, 0.1) is 7.11 Å². The summed E-state index contributed by atoms with van der Waals surface area (Å²) in [6.07, 6.45) is 1.52. The number of nitriles is 1. The number of carbonyl (C=O) groups is 1. The molecule has 0 aliphatic carbocycles. The van der Waals surface area contributed by atoms with Gasteiger partial charge in [0, 0.05) is 6.54 Å². The lowest BCUT2D eigenvalue weighted by atomic mass is 10.1. The SMILES string of the molecule is COc1cc(C=C(C#N)C(=O)NCc2ccccc2)ccc1OCCOc1ccc(C)cc1. The van der Waals surface area contributed by atoms with Crippen molar-refractivity contribution < 1.29 is 19.0 Å². The normalized spacial score (nSPS) is 10.8. The Balaban J connectivity index is 1.58. The van der Waals surface area contributed by atoms with Crippen molar-refractivity contribution in [2.75, 3.05) is 20.3 Å². The smallest absolute Gasteiger partial charge is 0.262 e. The Kier molecular flexibility index (Phi) is 8.49. The van der Waals surface area contributed by atoms with Crippen molar-refractivity contribution in [2.24, 2.45) is 0 Å². The molecule has 1 amide bonds. The summed E-state index contributed by atoms with van der Waals surface area (Å²) in [5.41, 5.74) is 2.79. The predicted octanol–water partition coefficient (Wildman–Crippen LogP) is 4.68. The molecule has 0 aliphatic rings. The summed E-state index contributed by atoms with van der Waals surface area (Å²) < 4.78 is 16.9. The molecule has 33 heavy (non-hydrogen) atoms. The lowest BCUT2D eigenvalue weighted by molar-refractivity contribution is -0.117. The lowest BCUT2D eigenvalue weighted by Gasteiger charge is -2.12. The number of amides is 1. The molecule has 0 fully saturated rings. The van der Waals surface area contributed by atoms with Gasteiger partial charge in [0.15, 0.2) is 11.5 Å². The second kappa shape index (κ2) is 12.0. The average molecular weight is 443 g/mol. The van der Waals surface area contributed by atoms with Crippen molar-refractivity contribution in [1.29, 1.82) is 5.26 Å². The molecule has 168 valence electrons. The van der Waals surface area contributed by atoms with Crippen LogP contribution in [0.2, 0.25) is 0 Å². The van der Waals surface area contributed by atoms with E-state index in [9.17, 15) is 10.1 Å². The zero-order valence-electron chi connectivity index (χ0n) is 18.7. The molecule has 0 saturated carbocycles. The largest absolute Gasteiger partial charge is 0.493 e. The number of ether oxygens (including phenoxy) is 3. The first-order valence-electron chi connectivity index (χ1n) is 10.5. The van der Waals surface area contributed by atoms with E-state index in [2.05, 4.69) is 5.32 Å². The number of hydrogen-bond acceptors (Lipinski definition) is 5. The molecule has 0 unspecified atom stereocenters. The van der Waals surface area contributed by atoms with Crippen LogP contribution in [0.1, 0.15) is 16.7 Å². The molecule has 0 radical (unpaired) electrons. The fraction of sp³-hybridized carbons (Fsp3) is 0.185. The Bertz CT molecular complexity index is 1130. The number of carbonyl (C=O) groups excluding carboxylic acids is 1. The summed E-state index contributed by atoms with van der Waals surface area (Å²) in [6.45, 7) is 3.09. The Morgan fingerprint density at radius 1 is 0.970 bits per heavy atom. The van der Waals surface area contributed by atoms with Crippen LogP contribution in [0.3, 0.4) is 0 Å². The van der Waals surface area contributed by atoms with Crippen LogP contribution in [-0.4, -0.2) is 26.2 Å². The number of nitrogens with zero attached hydrogens (tertiary/aromatic N) is 1. The number of nitrogens with one attached hydrogen (secondary N) is 1. The summed E-state index contributed by atoms with van der Waals surface area (Å²) in [7, 11) is 1.54. The minimum absolute atomic E-state index is 0.00755. The zero-order chi connectivity index (χ0) is 23.5. The van der Waals surface area contributed by atoms with Crippen LogP contribution in [0.4, 0.5) is 0 Å². The van der Waals surface area contributed by atoms with Gasteiger partial charge in [-0.2, -0.15) is 5.26 Å². The average Bonchev–Trinajstić information content (AvgIpc) is 2.85. The third-order valence-corrected chi connectivity index (χ3v) is 4.79. The molecule has 0 aromatic heterocycles. The molecule has 0 spiro atoms. The molecule has 3 aromatic carbocycles. The lowest BCUT2D eigenvalue weighted by Crippen LogP contribution is -2.23. The maximum atomic E-state index is 12.4. The summed E-state index contributed by atoms with van der Waals surface area (Å²) in [6, 6.07) is 24.5. The van der Waals surface area contributed by atoms with E-state index in [-0.39, 0.29) is 5.57 Å². The van der Waals surface area contributed by atoms with Gasteiger partial charge in [-0.25, -0.2) is 0 Å². The minimum Gasteiger partial charge on any atom is -0.493 e. The second-order valence-corrected chi connectivity index (χ2v) is 7.26. The second-order valence-electron chi connectivity index (χ2n) is 7.26. The van der Waals surface area contributed by atoms with Gasteiger partial charge in [-0.3, -0.25) is 4.79 Å². The highest BCUT2D eigenvalue weighted by molar-refractivity contribution is 6.01. The van der Waals surface area contributed by atoms with Crippen molar-refractivity contribution in [3.05, 3.63) is 95.1 Å². The third-order valence-electron chi connectivity index (χ3n) is 4.79. The predicted molar refractivity (Wildman–Crippen MR) is 127 cm³/mol.